The van der Waals surface area contributed by atoms with Crippen molar-refractivity contribution in [1.82, 2.24) is 9.55 Å². The molecular weight excluding hydrogens is 241 g/mol. The normalized spacial score (nSPS) is 23.9. The Balaban J connectivity index is 1.93. The predicted molar refractivity (Wildman–Crippen MR) is 75.2 cm³/mol. The number of fused-ring (bicyclic) bond motifs is 1. The van der Waals surface area contributed by atoms with Gasteiger partial charge in [-0.15, -0.1) is 0 Å². The van der Waals surface area contributed by atoms with Gasteiger partial charge in [0.25, 0.3) is 0 Å². The zero-order valence-corrected chi connectivity index (χ0v) is 11.3. The van der Waals surface area contributed by atoms with Crippen LogP contribution in [-0.2, 0) is 6.54 Å². The van der Waals surface area contributed by atoms with Gasteiger partial charge in [-0.3, -0.25) is 0 Å². The summed E-state index contributed by atoms with van der Waals surface area (Å²) in [7, 11) is 0. The summed E-state index contributed by atoms with van der Waals surface area (Å²) >= 11 is 0. The predicted octanol–water partition coefficient (Wildman–Crippen LogP) is 3.58. The summed E-state index contributed by atoms with van der Waals surface area (Å²) in [6.07, 6.45) is 5.19. The number of nitrogen functional groups attached to an aromatic ring is 1. The first-order chi connectivity index (χ1) is 9.15. The molecule has 2 atom stereocenters. The van der Waals surface area contributed by atoms with E-state index in [2.05, 4.69) is 11.9 Å². The third-order valence-corrected chi connectivity index (χ3v) is 4.45. The second-order valence-electron chi connectivity index (χ2n) is 5.74. The first-order valence-electron chi connectivity index (χ1n) is 7.06. The molecular formula is C15H20FN3. The van der Waals surface area contributed by atoms with Gasteiger partial charge < -0.3 is 10.3 Å². The van der Waals surface area contributed by atoms with Crippen molar-refractivity contribution in [2.24, 2.45) is 11.8 Å². The Morgan fingerprint density at radius 3 is 2.95 bits per heavy atom. The van der Waals surface area contributed by atoms with Crippen LogP contribution in [0.15, 0.2) is 18.2 Å². The van der Waals surface area contributed by atoms with Gasteiger partial charge in [0.15, 0.2) is 0 Å². The molecule has 0 amide bonds. The topological polar surface area (TPSA) is 43.8 Å². The number of anilines is 1. The Labute approximate surface area is 112 Å². The van der Waals surface area contributed by atoms with Crippen LogP contribution in [0, 0.1) is 17.7 Å². The maximum absolute atomic E-state index is 13.2. The molecule has 0 aliphatic heterocycles. The molecule has 1 saturated carbocycles. The molecule has 2 aromatic rings. The van der Waals surface area contributed by atoms with Gasteiger partial charge in [0, 0.05) is 12.6 Å². The lowest BCUT2D eigenvalue weighted by atomic mass is 9.80. The van der Waals surface area contributed by atoms with Crippen LogP contribution in [0.2, 0.25) is 0 Å². The third kappa shape index (κ3) is 2.31. The van der Waals surface area contributed by atoms with E-state index in [0.717, 1.165) is 18.0 Å². The van der Waals surface area contributed by atoms with Crippen molar-refractivity contribution >= 4 is 17.0 Å². The minimum atomic E-state index is -0.261. The number of aromatic nitrogens is 2. The maximum Gasteiger partial charge on any atom is 0.201 e. The Bertz CT molecular complexity index is 590. The van der Waals surface area contributed by atoms with Crippen molar-refractivity contribution in [3.8, 4) is 0 Å². The van der Waals surface area contributed by atoms with Crippen molar-refractivity contribution < 1.29 is 4.39 Å². The van der Waals surface area contributed by atoms with Crippen LogP contribution in [-0.4, -0.2) is 9.55 Å². The monoisotopic (exact) mass is 261 g/mol. The minimum Gasteiger partial charge on any atom is -0.369 e. The van der Waals surface area contributed by atoms with Crippen LogP contribution in [0.1, 0.15) is 32.6 Å². The lowest BCUT2D eigenvalue weighted by Crippen LogP contribution is -2.22. The molecule has 1 fully saturated rings. The van der Waals surface area contributed by atoms with Crippen LogP contribution < -0.4 is 5.73 Å². The lowest BCUT2D eigenvalue weighted by molar-refractivity contribution is 0.231. The fourth-order valence-electron chi connectivity index (χ4n) is 3.21. The first-order valence-corrected chi connectivity index (χ1v) is 7.06. The number of nitrogens with two attached hydrogens (primary N) is 1. The van der Waals surface area contributed by atoms with E-state index in [9.17, 15) is 4.39 Å². The van der Waals surface area contributed by atoms with Gasteiger partial charge in [-0.05, 0) is 30.4 Å². The molecule has 1 aliphatic rings. The third-order valence-electron chi connectivity index (χ3n) is 4.45. The zero-order chi connectivity index (χ0) is 13.4. The zero-order valence-electron chi connectivity index (χ0n) is 11.3. The number of benzene rings is 1. The molecule has 2 unspecified atom stereocenters. The van der Waals surface area contributed by atoms with Crippen molar-refractivity contribution in [3.63, 3.8) is 0 Å². The number of halogens is 1. The van der Waals surface area contributed by atoms with E-state index in [-0.39, 0.29) is 5.82 Å². The summed E-state index contributed by atoms with van der Waals surface area (Å²) in [6.45, 7) is 3.22. The molecule has 2 N–H and O–H groups in total. The van der Waals surface area contributed by atoms with Gasteiger partial charge in [-0.2, -0.15) is 0 Å². The Morgan fingerprint density at radius 1 is 1.37 bits per heavy atom. The molecule has 3 rings (SSSR count). The lowest BCUT2D eigenvalue weighted by Gasteiger charge is -2.29. The van der Waals surface area contributed by atoms with E-state index in [4.69, 9.17) is 5.73 Å². The SMILES string of the molecule is CC1CCCCC1Cn1c(N)nc2cc(F)ccc21. The van der Waals surface area contributed by atoms with Crippen molar-refractivity contribution in [3.05, 3.63) is 24.0 Å². The number of imidazole rings is 1. The molecule has 0 bridgehead atoms. The van der Waals surface area contributed by atoms with E-state index < -0.39 is 0 Å². The number of nitrogens with zero attached hydrogens (tertiary/aromatic N) is 2. The largest absolute Gasteiger partial charge is 0.369 e. The summed E-state index contributed by atoms with van der Waals surface area (Å²) in [6, 6.07) is 4.71. The Hall–Kier alpha value is -1.58. The van der Waals surface area contributed by atoms with Crippen molar-refractivity contribution in [2.45, 2.75) is 39.2 Å². The number of rotatable bonds is 2. The number of hydrogen-bond donors (Lipinski definition) is 1. The highest BCUT2D eigenvalue weighted by Gasteiger charge is 2.23. The van der Waals surface area contributed by atoms with E-state index >= 15 is 0 Å². The Morgan fingerprint density at radius 2 is 2.16 bits per heavy atom. The highest BCUT2D eigenvalue weighted by molar-refractivity contribution is 5.78. The second kappa shape index (κ2) is 4.83. The standard InChI is InChI=1S/C15H20FN3/c1-10-4-2-3-5-11(10)9-19-14-7-6-12(16)8-13(14)18-15(19)17/h6-8,10-11H,2-5,9H2,1H3,(H2,17,18). The maximum atomic E-state index is 13.2. The summed E-state index contributed by atoms with van der Waals surface area (Å²) < 4.78 is 15.3. The molecule has 1 heterocycles. The summed E-state index contributed by atoms with van der Waals surface area (Å²) in [4.78, 5) is 4.27. The van der Waals surface area contributed by atoms with E-state index in [0.29, 0.717) is 17.4 Å². The molecule has 0 saturated heterocycles. The molecule has 1 aliphatic carbocycles. The Kier molecular flexibility index (Phi) is 3.17. The highest BCUT2D eigenvalue weighted by atomic mass is 19.1. The van der Waals surface area contributed by atoms with Gasteiger partial charge in [-0.1, -0.05) is 26.2 Å². The molecule has 1 aromatic heterocycles. The molecule has 0 radical (unpaired) electrons. The average Bonchev–Trinajstić information content (AvgIpc) is 2.68. The minimum absolute atomic E-state index is 0.261. The fraction of sp³-hybridized carbons (Fsp3) is 0.533. The number of hydrogen-bond acceptors (Lipinski definition) is 2. The molecule has 1 aromatic carbocycles. The smallest absolute Gasteiger partial charge is 0.201 e. The second-order valence-corrected chi connectivity index (χ2v) is 5.74. The first kappa shape index (κ1) is 12.5. The fourth-order valence-corrected chi connectivity index (χ4v) is 3.21. The van der Waals surface area contributed by atoms with E-state index in [1.807, 2.05) is 4.57 Å². The van der Waals surface area contributed by atoms with Crippen LogP contribution >= 0.6 is 0 Å². The molecule has 102 valence electrons. The highest BCUT2D eigenvalue weighted by Crippen LogP contribution is 2.32. The average molecular weight is 261 g/mol. The molecule has 3 nitrogen and oxygen atoms in total. The van der Waals surface area contributed by atoms with Gasteiger partial charge >= 0.3 is 0 Å². The summed E-state index contributed by atoms with van der Waals surface area (Å²) in [5, 5.41) is 0. The van der Waals surface area contributed by atoms with E-state index in [1.54, 1.807) is 6.07 Å². The quantitative estimate of drug-likeness (QED) is 0.898. The van der Waals surface area contributed by atoms with Crippen LogP contribution in [0.4, 0.5) is 10.3 Å². The van der Waals surface area contributed by atoms with Gasteiger partial charge in [-0.25, -0.2) is 9.37 Å². The molecule has 4 heteroatoms. The van der Waals surface area contributed by atoms with Gasteiger partial charge in [0.1, 0.15) is 5.82 Å². The van der Waals surface area contributed by atoms with Crippen LogP contribution in [0.25, 0.3) is 11.0 Å². The van der Waals surface area contributed by atoms with Gasteiger partial charge in [0.2, 0.25) is 5.95 Å². The van der Waals surface area contributed by atoms with Crippen molar-refractivity contribution in [1.29, 1.82) is 0 Å². The molecule has 0 spiro atoms. The molecule has 19 heavy (non-hydrogen) atoms. The van der Waals surface area contributed by atoms with E-state index in [1.165, 1.54) is 37.8 Å². The van der Waals surface area contributed by atoms with Crippen molar-refractivity contribution in [2.75, 3.05) is 5.73 Å². The van der Waals surface area contributed by atoms with Crippen LogP contribution in [0.5, 0.6) is 0 Å². The van der Waals surface area contributed by atoms with Gasteiger partial charge in [0.05, 0.1) is 11.0 Å². The van der Waals surface area contributed by atoms with Crippen LogP contribution in [0.3, 0.4) is 0 Å². The summed E-state index contributed by atoms with van der Waals surface area (Å²) in [5.41, 5.74) is 7.59. The summed E-state index contributed by atoms with van der Waals surface area (Å²) in [5.74, 6) is 1.62.